The van der Waals surface area contributed by atoms with Crippen molar-refractivity contribution < 1.29 is 0 Å². The molecule has 0 saturated heterocycles. The van der Waals surface area contributed by atoms with E-state index in [1.165, 1.54) is 16.0 Å². The minimum absolute atomic E-state index is 0.381. The first-order valence-corrected chi connectivity index (χ1v) is 8.08. The van der Waals surface area contributed by atoms with Crippen molar-refractivity contribution in [3.8, 4) is 0 Å². The van der Waals surface area contributed by atoms with E-state index in [1.54, 1.807) is 0 Å². The fourth-order valence-electron chi connectivity index (χ4n) is 2.48. The van der Waals surface area contributed by atoms with Crippen molar-refractivity contribution in [3.05, 3.63) is 65.7 Å². The van der Waals surface area contributed by atoms with E-state index < -0.39 is 0 Å². The highest BCUT2D eigenvalue weighted by Crippen LogP contribution is 2.34. The second-order valence-electron chi connectivity index (χ2n) is 5.06. The van der Waals surface area contributed by atoms with Gasteiger partial charge in [0.15, 0.2) is 0 Å². The van der Waals surface area contributed by atoms with Crippen LogP contribution in [0.1, 0.15) is 30.5 Å². The molecular formula is C18H23NS. The molecule has 0 bridgehead atoms. The van der Waals surface area contributed by atoms with Gasteiger partial charge in [-0.2, -0.15) is 0 Å². The predicted octanol–water partition coefficient (Wildman–Crippen LogP) is 4.83. The number of nitrogens with one attached hydrogen (secondary N) is 1. The predicted molar refractivity (Wildman–Crippen MR) is 89.4 cm³/mol. The van der Waals surface area contributed by atoms with Gasteiger partial charge in [0.2, 0.25) is 0 Å². The summed E-state index contributed by atoms with van der Waals surface area (Å²) in [5.74, 6) is 0. The minimum Gasteiger partial charge on any atom is -0.312 e. The first-order valence-electron chi connectivity index (χ1n) is 7.20. The molecule has 0 saturated carbocycles. The van der Waals surface area contributed by atoms with Crippen LogP contribution in [0.2, 0.25) is 0 Å². The molecule has 0 radical (unpaired) electrons. The van der Waals surface area contributed by atoms with Crippen molar-refractivity contribution in [2.75, 3.05) is 7.05 Å². The second kappa shape index (κ2) is 7.51. The van der Waals surface area contributed by atoms with Crippen LogP contribution in [0.15, 0.2) is 59.5 Å². The highest BCUT2D eigenvalue weighted by Gasteiger charge is 2.21. The van der Waals surface area contributed by atoms with E-state index in [4.69, 9.17) is 0 Å². The third-order valence-corrected chi connectivity index (χ3v) is 4.96. The van der Waals surface area contributed by atoms with E-state index in [9.17, 15) is 0 Å². The zero-order valence-corrected chi connectivity index (χ0v) is 13.3. The molecule has 0 fully saturated rings. The summed E-state index contributed by atoms with van der Waals surface area (Å²) in [6.07, 6.45) is 1.14. The maximum Gasteiger partial charge on any atom is 0.0441 e. The Kier molecular flexibility index (Phi) is 5.69. The number of benzene rings is 2. The number of aryl methyl sites for hydroxylation is 1. The standard InChI is InChI=1S/C18H23NS/c1-4-17(20-16-12-8-9-14(2)13-16)18(19-3)15-10-6-5-7-11-15/h5-13,17-19H,4H2,1-3H3. The minimum atomic E-state index is 0.381. The van der Waals surface area contributed by atoms with Crippen molar-refractivity contribution in [3.63, 3.8) is 0 Å². The van der Waals surface area contributed by atoms with E-state index in [0.29, 0.717) is 11.3 Å². The van der Waals surface area contributed by atoms with Gasteiger partial charge in [-0.15, -0.1) is 11.8 Å². The first-order chi connectivity index (χ1) is 9.74. The molecule has 2 atom stereocenters. The van der Waals surface area contributed by atoms with E-state index in [-0.39, 0.29) is 0 Å². The summed E-state index contributed by atoms with van der Waals surface area (Å²) in [5.41, 5.74) is 2.69. The molecule has 106 valence electrons. The lowest BCUT2D eigenvalue weighted by molar-refractivity contribution is 0.556. The van der Waals surface area contributed by atoms with Crippen molar-refractivity contribution in [2.45, 2.75) is 36.5 Å². The van der Waals surface area contributed by atoms with E-state index >= 15 is 0 Å². The van der Waals surface area contributed by atoms with Crippen LogP contribution in [0.4, 0.5) is 0 Å². The first kappa shape index (κ1) is 15.1. The molecule has 1 nitrogen and oxygen atoms in total. The van der Waals surface area contributed by atoms with Crippen LogP contribution >= 0.6 is 11.8 Å². The molecule has 0 amide bonds. The topological polar surface area (TPSA) is 12.0 Å². The largest absolute Gasteiger partial charge is 0.312 e. The van der Waals surface area contributed by atoms with Crippen LogP contribution in [-0.4, -0.2) is 12.3 Å². The summed E-state index contributed by atoms with van der Waals surface area (Å²) in [7, 11) is 2.05. The number of hydrogen-bond acceptors (Lipinski definition) is 2. The molecule has 20 heavy (non-hydrogen) atoms. The van der Waals surface area contributed by atoms with Crippen LogP contribution in [-0.2, 0) is 0 Å². The van der Waals surface area contributed by atoms with Gasteiger partial charge in [-0.05, 0) is 38.1 Å². The smallest absolute Gasteiger partial charge is 0.0441 e. The molecular weight excluding hydrogens is 262 g/mol. The Morgan fingerprint density at radius 3 is 2.40 bits per heavy atom. The van der Waals surface area contributed by atoms with Crippen LogP contribution in [0.3, 0.4) is 0 Å². The Hall–Kier alpha value is -1.25. The quantitative estimate of drug-likeness (QED) is 0.763. The summed E-state index contributed by atoms with van der Waals surface area (Å²) in [6.45, 7) is 4.42. The van der Waals surface area contributed by atoms with Crippen LogP contribution in [0.5, 0.6) is 0 Å². The maximum absolute atomic E-state index is 3.48. The Morgan fingerprint density at radius 1 is 1.05 bits per heavy atom. The molecule has 2 heteroatoms. The summed E-state index contributed by atoms with van der Waals surface area (Å²) < 4.78 is 0. The third-order valence-electron chi connectivity index (χ3n) is 3.52. The summed E-state index contributed by atoms with van der Waals surface area (Å²) >= 11 is 1.97. The molecule has 2 rings (SSSR count). The monoisotopic (exact) mass is 285 g/mol. The van der Waals surface area contributed by atoms with Crippen molar-refractivity contribution in [1.82, 2.24) is 5.32 Å². The zero-order chi connectivity index (χ0) is 14.4. The Balaban J connectivity index is 2.18. The molecule has 0 aliphatic carbocycles. The Labute approximate surface area is 126 Å². The normalized spacial score (nSPS) is 13.9. The molecule has 0 spiro atoms. The van der Waals surface area contributed by atoms with Gasteiger partial charge >= 0.3 is 0 Å². The van der Waals surface area contributed by atoms with E-state index in [2.05, 4.69) is 80.8 Å². The molecule has 2 aromatic carbocycles. The lowest BCUT2D eigenvalue weighted by Gasteiger charge is -2.26. The van der Waals surface area contributed by atoms with Crippen LogP contribution in [0.25, 0.3) is 0 Å². The van der Waals surface area contributed by atoms with Gasteiger partial charge < -0.3 is 5.32 Å². The maximum atomic E-state index is 3.48. The van der Waals surface area contributed by atoms with Gasteiger partial charge in [0.25, 0.3) is 0 Å². The number of rotatable bonds is 6. The second-order valence-corrected chi connectivity index (χ2v) is 6.37. The zero-order valence-electron chi connectivity index (χ0n) is 12.5. The lowest BCUT2D eigenvalue weighted by Crippen LogP contribution is -2.26. The Morgan fingerprint density at radius 2 is 1.80 bits per heavy atom. The van der Waals surface area contributed by atoms with Gasteiger partial charge in [0.1, 0.15) is 0 Å². The molecule has 0 heterocycles. The summed E-state index contributed by atoms with van der Waals surface area (Å²) in [5, 5.41) is 4.02. The fraction of sp³-hybridized carbons (Fsp3) is 0.333. The van der Waals surface area contributed by atoms with Crippen LogP contribution in [0, 0.1) is 6.92 Å². The van der Waals surface area contributed by atoms with Gasteiger partial charge in [0, 0.05) is 16.2 Å². The van der Waals surface area contributed by atoms with E-state index in [1.807, 2.05) is 11.8 Å². The molecule has 1 N–H and O–H groups in total. The Bertz CT molecular complexity index is 524. The lowest BCUT2D eigenvalue weighted by atomic mass is 10.0. The SMILES string of the molecule is CCC(Sc1cccc(C)c1)C(NC)c1ccccc1. The highest BCUT2D eigenvalue weighted by molar-refractivity contribution is 8.00. The summed E-state index contributed by atoms with van der Waals surface area (Å²) in [4.78, 5) is 1.35. The number of thioether (sulfide) groups is 1. The number of hydrogen-bond donors (Lipinski definition) is 1. The average Bonchev–Trinajstić information content (AvgIpc) is 2.48. The van der Waals surface area contributed by atoms with Gasteiger partial charge in [-0.1, -0.05) is 55.0 Å². The molecule has 0 aromatic heterocycles. The van der Waals surface area contributed by atoms with Crippen molar-refractivity contribution in [2.24, 2.45) is 0 Å². The third kappa shape index (κ3) is 3.87. The van der Waals surface area contributed by atoms with Crippen molar-refractivity contribution >= 4 is 11.8 Å². The van der Waals surface area contributed by atoms with Crippen molar-refractivity contribution in [1.29, 1.82) is 0 Å². The van der Waals surface area contributed by atoms with Gasteiger partial charge in [0.05, 0.1) is 0 Å². The van der Waals surface area contributed by atoms with Gasteiger partial charge in [-0.3, -0.25) is 0 Å². The fourth-order valence-corrected chi connectivity index (χ4v) is 3.83. The molecule has 2 unspecified atom stereocenters. The molecule has 0 aliphatic heterocycles. The average molecular weight is 285 g/mol. The molecule has 0 aliphatic rings. The van der Waals surface area contributed by atoms with Gasteiger partial charge in [-0.25, -0.2) is 0 Å². The summed E-state index contributed by atoms with van der Waals surface area (Å²) in [6, 6.07) is 19.9. The van der Waals surface area contributed by atoms with Crippen LogP contribution < -0.4 is 5.32 Å². The molecule has 2 aromatic rings. The highest BCUT2D eigenvalue weighted by atomic mass is 32.2. The van der Waals surface area contributed by atoms with E-state index in [0.717, 1.165) is 6.42 Å².